The van der Waals surface area contributed by atoms with Gasteiger partial charge in [-0.2, -0.15) is 0 Å². The Morgan fingerprint density at radius 1 is 1.62 bits per heavy atom. The molecule has 0 fully saturated rings. The molecule has 1 N–H and O–H groups in total. The van der Waals surface area contributed by atoms with Gasteiger partial charge in [0.15, 0.2) is 0 Å². The first kappa shape index (κ1) is 11.5. The summed E-state index contributed by atoms with van der Waals surface area (Å²) in [5, 5.41) is 8.47. The minimum absolute atomic E-state index is 0. The van der Waals surface area contributed by atoms with E-state index in [1.54, 1.807) is 0 Å². The molecule has 0 aliphatic carbocycles. The molecule has 48 valence electrons. The summed E-state index contributed by atoms with van der Waals surface area (Å²) in [7, 11) is 0. The molecule has 1 atom stereocenters. The summed E-state index contributed by atoms with van der Waals surface area (Å²) in [6, 6.07) is 0. The van der Waals surface area contributed by atoms with Crippen molar-refractivity contribution in [3.05, 3.63) is 0 Å². The second kappa shape index (κ2) is 7.73. The summed E-state index contributed by atoms with van der Waals surface area (Å²) in [6.07, 6.45) is 2.33. The predicted octanol–water partition coefficient (Wildman–Crippen LogP) is 1.26. The van der Waals surface area contributed by atoms with Crippen LogP contribution in [0.1, 0.15) is 29.5 Å². The van der Waals surface area contributed by atoms with Gasteiger partial charge in [0.05, 0.1) is 0 Å². The van der Waals surface area contributed by atoms with Crippen LogP contribution in [-0.2, 0) is 0 Å². The molecule has 0 saturated carbocycles. The molecular weight excluding hydrogens is 112 g/mol. The Bertz CT molecular complexity index is 46.7. The van der Waals surface area contributed by atoms with Crippen LogP contribution in [0.3, 0.4) is 0 Å². The van der Waals surface area contributed by atoms with E-state index in [-0.39, 0.29) is 25.9 Å². The van der Waals surface area contributed by atoms with E-state index in [0.717, 1.165) is 6.42 Å². The molecular formula is C6H16MgO. The molecule has 0 aliphatic rings. The number of aliphatic hydroxyl groups excluding tert-OH is 1. The molecule has 0 saturated heterocycles. The molecule has 2 heteroatoms. The second-order valence-electron chi connectivity index (χ2n) is 2.08. The largest absolute Gasteiger partial charge is 2.00 e. The molecule has 0 rings (SSSR count). The van der Waals surface area contributed by atoms with Gasteiger partial charge in [0.1, 0.15) is 0 Å². The van der Waals surface area contributed by atoms with E-state index in [2.05, 4.69) is 13.8 Å². The van der Waals surface area contributed by atoms with E-state index in [0.29, 0.717) is 12.5 Å². The normalized spacial score (nSPS) is 12.4. The Kier molecular flexibility index (Phi) is 11.1. The van der Waals surface area contributed by atoms with E-state index in [1.165, 1.54) is 6.42 Å². The molecule has 0 amide bonds. The first-order valence-corrected chi connectivity index (χ1v) is 2.92. The van der Waals surface area contributed by atoms with Crippen LogP contribution in [0.25, 0.3) is 0 Å². The molecule has 1 unspecified atom stereocenters. The first-order valence-electron chi connectivity index (χ1n) is 2.92. The predicted molar refractivity (Wildman–Crippen MR) is 39.1 cm³/mol. The zero-order valence-electron chi connectivity index (χ0n) is 7.85. The Balaban J connectivity index is -0.0000000600. The molecule has 0 aromatic rings. The van der Waals surface area contributed by atoms with Crippen LogP contribution in [0.2, 0.25) is 0 Å². The molecule has 0 aromatic carbocycles. The molecule has 8 heavy (non-hydrogen) atoms. The van der Waals surface area contributed by atoms with Gasteiger partial charge in [-0.1, -0.05) is 20.3 Å². The molecule has 0 heterocycles. The fourth-order valence-electron chi connectivity index (χ4n) is 0.584. The molecule has 0 aliphatic heterocycles. The summed E-state index contributed by atoms with van der Waals surface area (Å²) in [6.45, 7) is 4.53. The van der Waals surface area contributed by atoms with Gasteiger partial charge in [0, 0.05) is 6.61 Å². The summed E-state index contributed by atoms with van der Waals surface area (Å²) < 4.78 is 0. The number of hydrogen-bond acceptors (Lipinski definition) is 1. The third kappa shape index (κ3) is 6.73. The number of rotatable bonds is 3. The van der Waals surface area contributed by atoms with Gasteiger partial charge in [-0.25, -0.2) is 0 Å². The van der Waals surface area contributed by atoms with Gasteiger partial charge in [0.2, 0.25) is 0 Å². The summed E-state index contributed by atoms with van der Waals surface area (Å²) >= 11 is 0. The van der Waals surface area contributed by atoms with Gasteiger partial charge in [0.25, 0.3) is 0 Å². The topological polar surface area (TPSA) is 20.2 Å². The van der Waals surface area contributed by atoms with Crippen molar-refractivity contribution < 1.29 is 7.96 Å². The van der Waals surface area contributed by atoms with E-state index >= 15 is 0 Å². The quantitative estimate of drug-likeness (QED) is 0.568. The first-order chi connectivity index (χ1) is 3.31. The van der Waals surface area contributed by atoms with Crippen LogP contribution < -0.4 is 0 Å². The van der Waals surface area contributed by atoms with E-state index in [9.17, 15) is 0 Å². The van der Waals surface area contributed by atoms with Crippen molar-refractivity contribution in [1.29, 1.82) is 0 Å². The molecule has 0 spiro atoms. The fourth-order valence-corrected chi connectivity index (χ4v) is 0.584. The van der Waals surface area contributed by atoms with Gasteiger partial charge in [-0.3, -0.25) is 0 Å². The minimum Gasteiger partial charge on any atom is -1.00 e. The number of aliphatic hydroxyl groups is 1. The summed E-state index contributed by atoms with van der Waals surface area (Å²) in [5.41, 5.74) is 0. The van der Waals surface area contributed by atoms with Crippen molar-refractivity contribution in [3.63, 3.8) is 0 Å². The Morgan fingerprint density at radius 3 is 2.25 bits per heavy atom. The SMILES string of the molecule is CCCC(C)CO.[H-].[H-].[Mg+2]. The third-order valence-electron chi connectivity index (χ3n) is 1.09. The summed E-state index contributed by atoms with van der Waals surface area (Å²) in [5.74, 6) is 0.505. The standard InChI is InChI=1S/C6H14O.Mg.2H/c1-3-4-6(2)5-7;;;/h6-7H,3-5H2,1-2H3;;;/q;+2;2*-1. The maximum atomic E-state index is 8.47. The van der Waals surface area contributed by atoms with Crippen LogP contribution in [-0.4, -0.2) is 34.8 Å². The number of hydrogen-bond donors (Lipinski definition) is 1. The molecule has 0 bridgehead atoms. The zero-order valence-corrected chi connectivity index (χ0v) is 7.27. The van der Waals surface area contributed by atoms with Crippen LogP contribution in [0.4, 0.5) is 0 Å². The van der Waals surface area contributed by atoms with E-state index < -0.39 is 0 Å². The Morgan fingerprint density at radius 2 is 2.12 bits per heavy atom. The average Bonchev–Trinajstić information content (AvgIpc) is 1.68. The van der Waals surface area contributed by atoms with Crippen LogP contribution >= 0.6 is 0 Å². The fraction of sp³-hybridized carbons (Fsp3) is 1.00. The zero-order chi connectivity index (χ0) is 5.70. The van der Waals surface area contributed by atoms with E-state index in [1.807, 2.05) is 0 Å². The summed E-state index contributed by atoms with van der Waals surface area (Å²) in [4.78, 5) is 0. The Hall–Kier alpha value is 0.726. The van der Waals surface area contributed by atoms with Gasteiger partial charge >= 0.3 is 23.1 Å². The maximum absolute atomic E-state index is 8.47. The van der Waals surface area contributed by atoms with Gasteiger partial charge < -0.3 is 7.96 Å². The van der Waals surface area contributed by atoms with Crippen molar-refractivity contribution in [2.24, 2.45) is 5.92 Å². The minimum atomic E-state index is 0. The van der Waals surface area contributed by atoms with Crippen molar-refractivity contribution in [3.8, 4) is 0 Å². The Labute approximate surface area is 70.6 Å². The van der Waals surface area contributed by atoms with Crippen LogP contribution in [0.5, 0.6) is 0 Å². The van der Waals surface area contributed by atoms with Crippen LogP contribution in [0, 0.1) is 5.92 Å². The van der Waals surface area contributed by atoms with Crippen molar-refractivity contribution in [2.75, 3.05) is 6.61 Å². The molecule has 0 radical (unpaired) electrons. The van der Waals surface area contributed by atoms with Crippen molar-refractivity contribution in [1.82, 2.24) is 0 Å². The second-order valence-corrected chi connectivity index (χ2v) is 2.08. The molecule has 1 nitrogen and oxygen atoms in total. The van der Waals surface area contributed by atoms with Crippen LogP contribution in [0.15, 0.2) is 0 Å². The smallest absolute Gasteiger partial charge is 1.00 e. The maximum Gasteiger partial charge on any atom is 2.00 e. The third-order valence-corrected chi connectivity index (χ3v) is 1.09. The van der Waals surface area contributed by atoms with E-state index in [4.69, 9.17) is 5.11 Å². The molecule has 0 aromatic heterocycles. The van der Waals surface area contributed by atoms with Gasteiger partial charge in [-0.15, -0.1) is 0 Å². The average molecular weight is 128 g/mol. The van der Waals surface area contributed by atoms with Crippen molar-refractivity contribution in [2.45, 2.75) is 26.7 Å². The van der Waals surface area contributed by atoms with Crippen molar-refractivity contribution >= 4 is 23.1 Å². The van der Waals surface area contributed by atoms with Gasteiger partial charge in [-0.05, 0) is 12.3 Å². The monoisotopic (exact) mass is 128 g/mol.